The van der Waals surface area contributed by atoms with Crippen molar-refractivity contribution in [2.75, 3.05) is 26.2 Å². The van der Waals surface area contributed by atoms with E-state index in [0.29, 0.717) is 16.7 Å². The van der Waals surface area contributed by atoms with Gasteiger partial charge in [-0.25, -0.2) is 13.8 Å². The lowest BCUT2D eigenvalue weighted by atomic mass is 9.84. The molecule has 0 atom stereocenters. The van der Waals surface area contributed by atoms with Crippen LogP contribution < -0.4 is 10.1 Å². The minimum atomic E-state index is -2.47. The van der Waals surface area contributed by atoms with Crippen molar-refractivity contribution in [3.05, 3.63) is 40.5 Å². The highest BCUT2D eigenvalue weighted by Gasteiger charge is 2.25. The Balaban J connectivity index is 1.04. The maximum atomic E-state index is 12.9. The number of thiazole rings is 1. The van der Waals surface area contributed by atoms with Gasteiger partial charge >= 0.3 is 0 Å². The molecule has 1 N–H and O–H groups in total. The van der Waals surface area contributed by atoms with Gasteiger partial charge < -0.3 is 15.0 Å². The molecule has 10 heteroatoms. The summed E-state index contributed by atoms with van der Waals surface area (Å²) in [5, 5.41) is 8.92. The summed E-state index contributed by atoms with van der Waals surface area (Å²) in [7, 11) is 1.87. The van der Waals surface area contributed by atoms with Crippen molar-refractivity contribution in [2.24, 2.45) is 13.0 Å². The summed E-state index contributed by atoms with van der Waals surface area (Å²) in [4.78, 5) is 21.0. The van der Waals surface area contributed by atoms with Gasteiger partial charge in [0.1, 0.15) is 0 Å². The molecule has 0 spiro atoms. The fourth-order valence-electron chi connectivity index (χ4n) is 5.39. The maximum absolute atomic E-state index is 12.9. The fraction of sp³-hybridized carbons (Fsp3) is 0.577. The second kappa shape index (κ2) is 11.2. The summed E-state index contributed by atoms with van der Waals surface area (Å²) in [6.07, 6.45) is 6.63. The number of carbonyl (C=O) groups excluding carboxylic acids is 1. The van der Waals surface area contributed by atoms with Crippen LogP contribution in [0.1, 0.15) is 53.0 Å². The van der Waals surface area contributed by atoms with E-state index in [0.717, 1.165) is 74.8 Å². The topological polar surface area (TPSA) is 72.3 Å². The first-order valence-electron chi connectivity index (χ1n) is 12.8. The van der Waals surface area contributed by atoms with Crippen molar-refractivity contribution < 1.29 is 18.3 Å². The van der Waals surface area contributed by atoms with Crippen LogP contribution in [0.5, 0.6) is 5.19 Å². The van der Waals surface area contributed by atoms with E-state index in [9.17, 15) is 13.6 Å². The van der Waals surface area contributed by atoms with E-state index in [1.54, 1.807) is 4.68 Å². The van der Waals surface area contributed by atoms with Crippen LogP contribution in [-0.4, -0.2) is 64.3 Å². The van der Waals surface area contributed by atoms with Gasteiger partial charge in [0.15, 0.2) is 6.61 Å². The summed E-state index contributed by atoms with van der Waals surface area (Å²) < 4.78 is 31.6. The smallest absolute Gasteiger partial charge is 0.273 e. The van der Waals surface area contributed by atoms with E-state index in [1.807, 2.05) is 31.4 Å². The first kappa shape index (κ1) is 25.1. The Hall–Kier alpha value is -2.59. The molecule has 1 amide bonds. The zero-order chi connectivity index (χ0) is 25.1. The predicted octanol–water partition coefficient (Wildman–Crippen LogP) is 4.45. The zero-order valence-corrected chi connectivity index (χ0v) is 21.4. The number of carbonyl (C=O) groups is 1. The van der Waals surface area contributed by atoms with Gasteiger partial charge in [-0.2, -0.15) is 5.10 Å². The number of nitrogens with zero attached hydrogens (tertiary/aromatic N) is 4. The number of aryl methyl sites for hydroxylation is 1. The van der Waals surface area contributed by atoms with Crippen LogP contribution in [0.15, 0.2) is 24.4 Å². The average molecular weight is 518 g/mol. The predicted molar refractivity (Wildman–Crippen MR) is 136 cm³/mol. The lowest BCUT2D eigenvalue weighted by Gasteiger charge is -2.30. The molecule has 1 aliphatic heterocycles. The molecule has 3 aromatic rings. The van der Waals surface area contributed by atoms with E-state index < -0.39 is 13.0 Å². The van der Waals surface area contributed by atoms with Crippen molar-refractivity contribution in [3.63, 3.8) is 0 Å². The van der Waals surface area contributed by atoms with Crippen molar-refractivity contribution in [3.8, 4) is 5.19 Å². The maximum Gasteiger partial charge on any atom is 0.273 e. The largest absolute Gasteiger partial charge is 0.464 e. The molecular formula is C26H33F2N5O2S. The molecule has 1 saturated carbocycles. The molecule has 0 bridgehead atoms. The molecule has 3 heterocycles. The summed E-state index contributed by atoms with van der Waals surface area (Å²) in [6, 6.07) is 5.92. The third-order valence-corrected chi connectivity index (χ3v) is 8.43. The monoisotopic (exact) mass is 517 g/mol. The first-order valence-corrected chi connectivity index (χ1v) is 13.6. The van der Waals surface area contributed by atoms with E-state index >= 15 is 0 Å². The van der Waals surface area contributed by atoms with Gasteiger partial charge in [0.2, 0.25) is 0 Å². The third-order valence-electron chi connectivity index (χ3n) is 7.36. The number of hydrogen-bond donors (Lipinski definition) is 1. The Bertz CT molecular complexity index is 1160. The fourth-order valence-corrected chi connectivity index (χ4v) is 6.34. The van der Waals surface area contributed by atoms with Crippen LogP contribution in [0, 0.1) is 5.92 Å². The zero-order valence-electron chi connectivity index (χ0n) is 20.6. The number of halogens is 2. The number of nitrogens with one attached hydrogen (secondary N) is 1. The van der Waals surface area contributed by atoms with Crippen LogP contribution in [0.2, 0.25) is 0 Å². The minimum absolute atomic E-state index is 0.00884. The Morgan fingerprint density at radius 3 is 2.83 bits per heavy atom. The molecule has 36 heavy (non-hydrogen) atoms. The van der Waals surface area contributed by atoms with Crippen molar-refractivity contribution in [1.82, 2.24) is 25.0 Å². The van der Waals surface area contributed by atoms with Gasteiger partial charge in [0.25, 0.3) is 17.5 Å². The van der Waals surface area contributed by atoms with Crippen LogP contribution in [-0.2, 0) is 19.9 Å². The number of aromatic nitrogens is 3. The molecule has 2 aromatic heterocycles. The molecule has 1 aliphatic carbocycles. The highest BCUT2D eigenvalue weighted by molar-refractivity contribution is 7.13. The molecule has 2 aliphatic rings. The van der Waals surface area contributed by atoms with Crippen LogP contribution in [0.25, 0.3) is 10.9 Å². The highest BCUT2D eigenvalue weighted by atomic mass is 32.1. The summed E-state index contributed by atoms with van der Waals surface area (Å²) >= 11 is 1.41. The van der Waals surface area contributed by atoms with E-state index in [-0.39, 0.29) is 11.9 Å². The van der Waals surface area contributed by atoms with E-state index in [4.69, 9.17) is 4.74 Å². The second-order valence-electron chi connectivity index (χ2n) is 9.91. The highest BCUT2D eigenvalue weighted by Crippen LogP contribution is 2.30. The average Bonchev–Trinajstić information content (AvgIpc) is 3.39. The number of rotatable bonds is 8. The van der Waals surface area contributed by atoms with Crippen LogP contribution in [0.4, 0.5) is 8.78 Å². The Morgan fingerprint density at radius 1 is 1.22 bits per heavy atom. The Labute approximate surface area is 213 Å². The van der Waals surface area contributed by atoms with Gasteiger partial charge in [-0.1, -0.05) is 17.4 Å². The van der Waals surface area contributed by atoms with Crippen LogP contribution >= 0.6 is 11.3 Å². The van der Waals surface area contributed by atoms with Gasteiger partial charge in [-0.15, -0.1) is 0 Å². The molecule has 1 aromatic carbocycles. The number of benzene rings is 1. The Kier molecular flexibility index (Phi) is 7.81. The summed E-state index contributed by atoms with van der Waals surface area (Å²) in [6.45, 7) is 2.38. The molecule has 1 fully saturated rings. The lowest BCUT2D eigenvalue weighted by molar-refractivity contribution is 0.0816. The van der Waals surface area contributed by atoms with Gasteiger partial charge in [-0.3, -0.25) is 9.48 Å². The first-order chi connectivity index (χ1) is 17.4. The van der Waals surface area contributed by atoms with Gasteiger partial charge in [0.05, 0.1) is 16.8 Å². The third kappa shape index (κ3) is 6.03. The molecule has 0 unspecified atom stereocenters. The molecular weight excluding hydrogens is 484 g/mol. The molecule has 194 valence electrons. The van der Waals surface area contributed by atoms with Crippen LogP contribution in [0.3, 0.4) is 0 Å². The normalized spacial score (nSPS) is 20.9. The van der Waals surface area contributed by atoms with E-state index in [1.165, 1.54) is 22.6 Å². The quantitative estimate of drug-likeness (QED) is 0.478. The number of amides is 1. The van der Waals surface area contributed by atoms with E-state index in [2.05, 4.69) is 20.3 Å². The second-order valence-corrected chi connectivity index (χ2v) is 11.0. The molecule has 0 saturated heterocycles. The number of fused-ring (bicyclic) bond motifs is 2. The standard InChI is InChI=1S/C26H33F2N5O2S/c1-32-15-20-19(3-2-4-21(20)31-32)25(34)29-18-7-5-17(6-8-18)9-12-33-13-10-22-23(11-14-33)36-26(30-22)35-16-24(27)28/h2-4,15,17-18,24H,5-14,16H2,1H3,(H,29,34). The molecule has 7 nitrogen and oxygen atoms in total. The summed E-state index contributed by atoms with van der Waals surface area (Å²) in [5.41, 5.74) is 2.54. The number of hydrogen-bond acceptors (Lipinski definition) is 6. The van der Waals surface area contributed by atoms with Crippen molar-refractivity contribution >= 4 is 28.1 Å². The molecule has 0 radical (unpaired) electrons. The van der Waals surface area contributed by atoms with Crippen molar-refractivity contribution in [2.45, 2.75) is 57.4 Å². The van der Waals surface area contributed by atoms with Gasteiger partial charge in [0, 0.05) is 49.1 Å². The minimum Gasteiger partial charge on any atom is -0.464 e. The number of alkyl halides is 2. The Morgan fingerprint density at radius 2 is 2.03 bits per heavy atom. The number of ether oxygens (including phenoxy) is 1. The summed E-state index contributed by atoms with van der Waals surface area (Å²) in [5.74, 6) is 0.676. The van der Waals surface area contributed by atoms with Crippen molar-refractivity contribution in [1.29, 1.82) is 0 Å². The SMILES string of the molecule is Cn1cc2c(C(=O)NC3CCC(CCN4CCc5nc(OCC(F)F)sc5CC4)CC3)cccc2n1. The lowest BCUT2D eigenvalue weighted by Crippen LogP contribution is -2.38. The van der Waals surface area contributed by atoms with Gasteiger partial charge in [-0.05, 0) is 63.1 Å². The molecule has 5 rings (SSSR count).